The zero-order valence-corrected chi connectivity index (χ0v) is 23.7. The third-order valence-corrected chi connectivity index (χ3v) is 8.13. The van der Waals surface area contributed by atoms with Crippen LogP contribution in [0.3, 0.4) is 0 Å². The first-order chi connectivity index (χ1) is 21.3. The molecular weight excluding hydrogens is 547 g/mol. The van der Waals surface area contributed by atoms with E-state index in [9.17, 15) is 0 Å². The number of nitrogens with zero attached hydrogens (tertiary/aromatic N) is 5. The molecule has 202 valence electrons. The Kier molecular flexibility index (Phi) is 6.24. The molecule has 6 heteroatoms. The summed E-state index contributed by atoms with van der Waals surface area (Å²) in [7, 11) is 0. The summed E-state index contributed by atoms with van der Waals surface area (Å²) in [6.45, 7) is 0. The van der Waals surface area contributed by atoms with Gasteiger partial charge in [0.05, 0.1) is 11.7 Å². The highest BCUT2D eigenvalue weighted by atomic mass is 32.1. The summed E-state index contributed by atoms with van der Waals surface area (Å²) in [4.78, 5) is 14.9. The van der Waals surface area contributed by atoms with Crippen molar-refractivity contribution < 1.29 is 0 Å². The summed E-state index contributed by atoms with van der Waals surface area (Å²) in [5.41, 5.74) is 6.59. The fraction of sp³-hybridized carbons (Fsp3) is 0. The number of benzene rings is 6. The molecule has 0 fully saturated rings. The maximum atomic E-state index is 4.98. The van der Waals surface area contributed by atoms with Crippen LogP contribution in [0.5, 0.6) is 0 Å². The summed E-state index contributed by atoms with van der Waals surface area (Å²) in [6.07, 6.45) is 0. The van der Waals surface area contributed by atoms with Crippen LogP contribution in [0.2, 0.25) is 0 Å². The van der Waals surface area contributed by atoms with Crippen LogP contribution in [0.1, 0.15) is 0 Å². The monoisotopic (exact) mass is 569 g/mol. The lowest BCUT2D eigenvalue weighted by atomic mass is 10.0. The van der Waals surface area contributed by atoms with Crippen LogP contribution < -0.4 is 0 Å². The van der Waals surface area contributed by atoms with E-state index in [0.29, 0.717) is 17.5 Å². The van der Waals surface area contributed by atoms with Gasteiger partial charge in [0, 0.05) is 27.8 Å². The van der Waals surface area contributed by atoms with Crippen molar-refractivity contribution in [2.24, 2.45) is 0 Å². The second-order valence-corrected chi connectivity index (χ2v) is 10.9. The fourth-order valence-electron chi connectivity index (χ4n) is 5.36. The molecule has 0 unspecified atom stereocenters. The molecular formula is C37H23N5S. The highest BCUT2D eigenvalue weighted by Crippen LogP contribution is 2.33. The Bertz CT molecular complexity index is 2140. The van der Waals surface area contributed by atoms with Crippen molar-refractivity contribution in [3.63, 3.8) is 0 Å². The predicted octanol–water partition coefficient (Wildman–Crippen LogP) is 9.36. The van der Waals surface area contributed by atoms with E-state index in [1.165, 1.54) is 22.5 Å². The van der Waals surface area contributed by atoms with Crippen LogP contribution in [0.15, 0.2) is 140 Å². The van der Waals surface area contributed by atoms with E-state index in [4.69, 9.17) is 15.0 Å². The van der Waals surface area contributed by atoms with E-state index in [0.717, 1.165) is 50.0 Å². The smallest absolute Gasteiger partial charge is 0.164 e. The SMILES string of the molecule is c1ccc(-c2nsnc2-c2ccc(-c3nc(-c4ccc5ccccc5c4)nc(-c4ccc5ccccc5c4)n3)cc2)cc1. The molecule has 2 aromatic heterocycles. The van der Waals surface area contributed by atoms with Crippen LogP contribution in [0, 0.1) is 0 Å². The summed E-state index contributed by atoms with van der Waals surface area (Å²) in [5, 5.41) is 4.64. The lowest BCUT2D eigenvalue weighted by molar-refractivity contribution is 1.08. The van der Waals surface area contributed by atoms with Crippen molar-refractivity contribution in [2.45, 2.75) is 0 Å². The van der Waals surface area contributed by atoms with Gasteiger partial charge >= 0.3 is 0 Å². The molecule has 2 heterocycles. The maximum Gasteiger partial charge on any atom is 0.164 e. The fourth-order valence-corrected chi connectivity index (χ4v) is 5.95. The van der Waals surface area contributed by atoms with Crippen molar-refractivity contribution in [3.05, 3.63) is 140 Å². The normalized spacial score (nSPS) is 11.3. The molecule has 5 nitrogen and oxygen atoms in total. The molecule has 43 heavy (non-hydrogen) atoms. The zero-order valence-electron chi connectivity index (χ0n) is 22.9. The van der Waals surface area contributed by atoms with Gasteiger partial charge in [-0.25, -0.2) is 15.0 Å². The van der Waals surface area contributed by atoms with Gasteiger partial charge in [0.2, 0.25) is 0 Å². The molecule has 0 radical (unpaired) electrons. The molecule has 8 rings (SSSR count). The third kappa shape index (κ3) is 4.84. The van der Waals surface area contributed by atoms with Crippen molar-refractivity contribution in [1.82, 2.24) is 23.7 Å². The van der Waals surface area contributed by atoms with E-state index < -0.39 is 0 Å². The zero-order chi connectivity index (χ0) is 28.6. The lowest BCUT2D eigenvalue weighted by Gasteiger charge is -2.10. The van der Waals surface area contributed by atoms with Gasteiger partial charge in [-0.2, -0.15) is 8.75 Å². The highest BCUT2D eigenvalue weighted by Gasteiger charge is 2.16. The summed E-state index contributed by atoms with van der Waals surface area (Å²) >= 11 is 1.22. The van der Waals surface area contributed by atoms with Crippen LogP contribution in [-0.4, -0.2) is 23.7 Å². The van der Waals surface area contributed by atoms with Crippen LogP contribution in [0.4, 0.5) is 0 Å². The van der Waals surface area contributed by atoms with Gasteiger partial charge in [-0.05, 0) is 33.7 Å². The summed E-state index contributed by atoms with van der Waals surface area (Å²) in [5.74, 6) is 1.89. The Hall–Kier alpha value is -5.59. The number of rotatable bonds is 5. The average Bonchev–Trinajstić information content (AvgIpc) is 3.58. The van der Waals surface area contributed by atoms with Crippen LogP contribution >= 0.6 is 11.7 Å². The minimum Gasteiger partial charge on any atom is -0.208 e. The minimum absolute atomic E-state index is 0.618. The third-order valence-electron chi connectivity index (χ3n) is 7.60. The number of fused-ring (bicyclic) bond motifs is 2. The van der Waals surface area contributed by atoms with Crippen molar-refractivity contribution >= 4 is 33.3 Å². The van der Waals surface area contributed by atoms with Crippen molar-refractivity contribution in [1.29, 1.82) is 0 Å². The van der Waals surface area contributed by atoms with E-state index in [1.54, 1.807) is 0 Å². The van der Waals surface area contributed by atoms with Crippen molar-refractivity contribution in [2.75, 3.05) is 0 Å². The first kappa shape index (κ1) is 25.1. The Morgan fingerprint density at radius 3 is 1.26 bits per heavy atom. The van der Waals surface area contributed by atoms with Gasteiger partial charge in [0.1, 0.15) is 11.4 Å². The maximum absolute atomic E-state index is 4.98. The molecule has 0 saturated carbocycles. The Labute approximate surface area is 252 Å². The molecule has 6 aromatic carbocycles. The second kappa shape index (κ2) is 10.7. The Morgan fingerprint density at radius 2 is 0.721 bits per heavy atom. The van der Waals surface area contributed by atoms with Crippen molar-refractivity contribution in [3.8, 4) is 56.7 Å². The molecule has 0 atom stereocenters. The molecule has 0 bridgehead atoms. The van der Waals surface area contributed by atoms with Gasteiger partial charge in [-0.15, -0.1) is 0 Å². The largest absolute Gasteiger partial charge is 0.208 e. The van der Waals surface area contributed by atoms with E-state index in [2.05, 4.69) is 106 Å². The van der Waals surface area contributed by atoms with Gasteiger partial charge in [0.25, 0.3) is 0 Å². The second-order valence-electron chi connectivity index (χ2n) is 10.3. The standard InChI is InChI=1S/C37H23N5S/c1-2-10-26(11-3-1)33-34(42-43-41-33)27-16-18-28(19-17-27)35-38-36(31-20-14-24-8-4-6-12-29(24)22-31)40-37(39-35)32-21-15-25-9-5-7-13-30(25)23-32/h1-23H. The first-order valence-corrected chi connectivity index (χ1v) is 14.7. The summed E-state index contributed by atoms with van der Waals surface area (Å²) < 4.78 is 9.19. The Balaban J connectivity index is 1.24. The van der Waals surface area contributed by atoms with E-state index in [-0.39, 0.29) is 0 Å². The molecule has 0 saturated heterocycles. The number of hydrogen-bond donors (Lipinski definition) is 0. The van der Waals surface area contributed by atoms with Gasteiger partial charge in [0.15, 0.2) is 17.5 Å². The quantitative estimate of drug-likeness (QED) is 0.207. The molecule has 0 aliphatic carbocycles. The predicted molar refractivity (Wildman–Crippen MR) is 175 cm³/mol. The van der Waals surface area contributed by atoms with Gasteiger partial charge < -0.3 is 0 Å². The Morgan fingerprint density at radius 1 is 0.326 bits per heavy atom. The topological polar surface area (TPSA) is 64.5 Å². The lowest BCUT2D eigenvalue weighted by Crippen LogP contribution is -2.00. The molecule has 0 N–H and O–H groups in total. The molecule has 0 amide bonds. The first-order valence-electron chi connectivity index (χ1n) is 14.0. The minimum atomic E-state index is 0.618. The van der Waals surface area contributed by atoms with Gasteiger partial charge in [-0.1, -0.05) is 127 Å². The number of aromatic nitrogens is 5. The summed E-state index contributed by atoms with van der Waals surface area (Å²) in [6, 6.07) is 47.7. The van der Waals surface area contributed by atoms with E-state index >= 15 is 0 Å². The molecule has 0 spiro atoms. The molecule has 8 aromatic rings. The van der Waals surface area contributed by atoms with Gasteiger partial charge in [-0.3, -0.25) is 0 Å². The average molecular weight is 570 g/mol. The van der Waals surface area contributed by atoms with E-state index in [1.807, 2.05) is 42.5 Å². The molecule has 0 aliphatic heterocycles. The number of hydrogen-bond acceptors (Lipinski definition) is 6. The molecule has 0 aliphatic rings. The highest BCUT2D eigenvalue weighted by molar-refractivity contribution is 6.99. The van der Waals surface area contributed by atoms with Crippen LogP contribution in [-0.2, 0) is 0 Å². The van der Waals surface area contributed by atoms with Crippen LogP contribution in [0.25, 0.3) is 78.2 Å².